The topological polar surface area (TPSA) is 61.1 Å². The summed E-state index contributed by atoms with van der Waals surface area (Å²) in [7, 11) is 0. The Balaban J connectivity index is 3.21. The monoisotopic (exact) mass is 185 g/mol. The lowest BCUT2D eigenvalue weighted by Gasteiger charge is -1.95. The molecular weight excluding hydrogens is 181 g/mol. The second kappa shape index (κ2) is 3.43. The number of benzene rings is 1. The molecule has 12 heavy (non-hydrogen) atoms. The molecule has 0 aliphatic heterocycles. The highest BCUT2D eigenvalue weighted by atomic mass is 32.2. The lowest BCUT2D eigenvalue weighted by molar-refractivity contribution is 0.561. The van der Waals surface area contributed by atoms with Gasteiger partial charge in [0.05, 0.1) is 10.5 Å². The van der Waals surface area contributed by atoms with Gasteiger partial charge in [-0.05, 0) is 18.2 Å². The van der Waals surface area contributed by atoms with E-state index in [9.17, 15) is 8.60 Å². The first-order valence-electron chi connectivity index (χ1n) is 2.95. The molecule has 0 heterocycles. The number of halogens is 1. The van der Waals surface area contributed by atoms with Crippen LogP contribution in [0.2, 0.25) is 0 Å². The van der Waals surface area contributed by atoms with Crippen LogP contribution in [0.5, 0.6) is 0 Å². The third-order valence-electron chi connectivity index (χ3n) is 1.26. The van der Waals surface area contributed by atoms with Crippen LogP contribution >= 0.6 is 0 Å². The van der Waals surface area contributed by atoms with Gasteiger partial charge < -0.3 is 4.55 Å². The molecule has 1 aromatic carbocycles. The predicted molar refractivity (Wildman–Crippen MR) is 40.2 cm³/mol. The molecule has 0 aromatic heterocycles. The molecule has 1 atom stereocenters. The van der Waals surface area contributed by atoms with Crippen molar-refractivity contribution in [1.82, 2.24) is 0 Å². The molecule has 0 spiro atoms. The molecule has 0 radical (unpaired) electrons. The van der Waals surface area contributed by atoms with Crippen molar-refractivity contribution in [1.29, 1.82) is 5.26 Å². The zero-order valence-electron chi connectivity index (χ0n) is 5.82. The Morgan fingerprint density at radius 2 is 2.25 bits per heavy atom. The van der Waals surface area contributed by atoms with Gasteiger partial charge in [0.1, 0.15) is 11.9 Å². The molecule has 62 valence electrons. The van der Waals surface area contributed by atoms with Crippen LogP contribution in [0, 0.1) is 17.1 Å². The first-order chi connectivity index (χ1) is 5.65. The minimum absolute atomic E-state index is 0.0495. The lowest BCUT2D eigenvalue weighted by atomic mass is 10.2. The number of hydrogen-bond donors (Lipinski definition) is 1. The number of hydrogen-bond acceptors (Lipinski definition) is 2. The van der Waals surface area contributed by atoms with Crippen LogP contribution in [0.4, 0.5) is 4.39 Å². The average molecular weight is 185 g/mol. The van der Waals surface area contributed by atoms with Crippen LogP contribution in [0.15, 0.2) is 23.1 Å². The number of nitrogens with zero attached hydrogens (tertiary/aromatic N) is 1. The fourth-order valence-electron chi connectivity index (χ4n) is 0.695. The van der Waals surface area contributed by atoms with E-state index >= 15 is 0 Å². The van der Waals surface area contributed by atoms with E-state index in [0.717, 1.165) is 6.07 Å². The highest BCUT2D eigenvalue weighted by Crippen LogP contribution is 2.11. The van der Waals surface area contributed by atoms with E-state index in [4.69, 9.17) is 9.81 Å². The van der Waals surface area contributed by atoms with Crippen LogP contribution < -0.4 is 0 Å². The second-order valence-corrected chi connectivity index (χ2v) is 2.97. The summed E-state index contributed by atoms with van der Waals surface area (Å²) in [5, 5.41) is 8.32. The second-order valence-electron chi connectivity index (χ2n) is 2.00. The number of rotatable bonds is 1. The molecule has 1 unspecified atom stereocenters. The van der Waals surface area contributed by atoms with Gasteiger partial charge in [0.25, 0.3) is 0 Å². The molecular formula is C7H4FNO2S. The molecule has 0 aliphatic carbocycles. The highest BCUT2D eigenvalue weighted by Gasteiger charge is 2.05. The maximum atomic E-state index is 12.7. The molecule has 1 N–H and O–H groups in total. The molecule has 5 heteroatoms. The van der Waals surface area contributed by atoms with Crippen molar-refractivity contribution in [3.8, 4) is 6.07 Å². The Morgan fingerprint density at radius 1 is 1.58 bits per heavy atom. The summed E-state index contributed by atoms with van der Waals surface area (Å²) in [5.74, 6) is -0.780. The highest BCUT2D eigenvalue weighted by molar-refractivity contribution is 7.79. The summed E-state index contributed by atoms with van der Waals surface area (Å²) in [5.41, 5.74) is -0.135. The minimum Gasteiger partial charge on any atom is -0.302 e. The fraction of sp³-hybridized carbons (Fsp3) is 0. The van der Waals surface area contributed by atoms with Crippen molar-refractivity contribution in [2.45, 2.75) is 4.90 Å². The van der Waals surface area contributed by atoms with E-state index < -0.39 is 16.9 Å². The maximum Gasteiger partial charge on any atom is 0.186 e. The summed E-state index contributed by atoms with van der Waals surface area (Å²) < 4.78 is 31.7. The standard InChI is InChI=1S/C7H4FNO2S/c8-7-3-6(12(10)11)2-1-5(7)4-9/h1-3H,(H,10,11). The molecule has 1 rings (SSSR count). The molecule has 0 bridgehead atoms. The first-order valence-corrected chi connectivity index (χ1v) is 4.06. The van der Waals surface area contributed by atoms with E-state index in [2.05, 4.69) is 0 Å². The average Bonchev–Trinajstić information content (AvgIpc) is 2.04. The zero-order valence-corrected chi connectivity index (χ0v) is 6.64. The van der Waals surface area contributed by atoms with Crippen molar-refractivity contribution in [2.24, 2.45) is 0 Å². The fourth-order valence-corrected chi connectivity index (χ4v) is 1.08. The summed E-state index contributed by atoms with van der Waals surface area (Å²) in [6, 6.07) is 4.87. The molecule has 0 saturated carbocycles. The van der Waals surface area contributed by atoms with Gasteiger partial charge in [-0.1, -0.05) is 0 Å². The van der Waals surface area contributed by atoms with Crippen molar-refractivity contribution in [3.05, 3.63) is 29.6 Å². The lowest BCUT2D eigenvalue weighted by Crippen LogP contribution is -1.91. The minimum atomic E-state index is -2.20. The smallest absolute Gasteiger partial charge is 0.186 e. The van der Waals surface area contributed by atoms with Crippen LogP contribution in [0.25, 0.3) is 0 Å². The Hall–Kier alpha value is -1.25. The van der Waals surface area contributed by atoms with Gasteiger partial charge in [-0.25, -0.2) is 8.60 Å². The number of nitriles is 1. The summed E-state index contributed by atoms with van der Waals surface area (Å²) >= 11 is -2.20. The van der Waals surface area contributed by atoms with Gasteiger partial charge in [0.2, 0.25) is 0 Å². The SMILES string of the molecule is N#Cc1ccc(S(=O)O)cc1F. The molecule has 1 aromatic rings. The van der Waals surface area contributed by atoms with E-state index in [1.54, 1.807) is 6.07 Å². The summed E-state index contributed by atoms with van der Waals surface area (Å²) in [6.07, 6.45) is 0. The van der Waals surface area contributed by atoms with Crippen LogP contribution in [0.1, 0.15) is 5.56 Å². The van der Waals surface area contributed by atoms with Crippen molar-refractivity contribution in [3.63, 3.8) is 0 Å². The molecule has 3 nitrogen and oxygen atoms in total. The third kappa shape index (κ3) is 1.67. The zero-order chi connectivity index (χ0) is 9.14. The van der Waals surface area contributed by atoms with Crippen LogP contribution in [-0.4, -0.2) is 8.76 Å². The van der Waals surface area contributed by atoms with Gasteiger partial charge in [0, 0.05) is 0 Å². The van der Waals surface area contributed by atoms with E-state index in [1.807, 2.05) is 0 Å². The van der Waals surface area contributed by atoms with Gasteiger partial charge in [-0.15, -0.1) is 0 Å². The van der Waals surface area contributed by atoms with Gasteiger partial charge in [-0.3, -0.25) is 0 Å². The summed E-state index contributed by atoms with van der Waals surface area (Å²) in [4.78, 5) is -0.0495. The Morgan fingerprint density at radius 3 is 2.67 bits per heavy atom. The van der Waals surface area contributed by atoms with E-state index in [1.165, 1.54) is 12.1 Å². The van der Waals surface area contributed by atoms with Crippen molar-refractivity contribution < 1.29 is 13.2 Å². The Labute approximate surface area is 70.7 Å². The largest absolute Gasteiger partial charge is 0.302 e. The Kier molecular flexibility index (Phi) is 2.53. The third-order valence-corrected chi connectivity index (χ3v) is 1.92. The van der Waals surface area contributed by atoms with Crippen molar-refractivity contribution >= 4 is 11.1 Å². The quantitative estimate of drug-likeness (QED) is 0.670. The molecule has 0 fully saturated rings. The van der Waals surface area contributed by atoms with Crippen LogP contribution in [0.3, 0.4) is 0 Å². The first kappa shape index (κ1) is 8.84. The Bertz CT molecular complexity index is 372. The molecule has 0 aliphatic rings. The molecule has 0 amide bonds. The normalized spacial score (nSPS) is 12.1. The van der Waals surface area contributed by atoms with Gasteiger partial charge >= 0.3 is 0 Å². The predicted octanol–water partition coefficient (Wildman–Crippen LogP) is 1.28. The maximum absolute atomic E-state index is 12.7. The van der Waals surface area contributed by atoms with Crippen molar-refractivity contribution in [2.75, 3.05) is 0 Å². The van der Waals surface area contributed by atoms with Gasteiger partial charge in [0.15, 0.2) is 11.1 Å². The summed E-state index contributed by atoms with van der Waals surface area (Å²) in [6.45, 7) is 0. The van der Waals surface area contributed by atoms with Crippen LogP contribution in [-0.2, 0) is 11.1 Å². The van der Waals surface area contributed by atoms with Gasteiger partial charge in [-0.2, -0.15) is 5.26 Å². The van der Waals surface area contributed by atoms with E-state index in [-0.39, 0.29) is 10.5 Å². The van der Waals surface area contributed by atoms with E-state index in [0.29, 0.717) is 0 Å². The molecule has 0 saturated heterocycles.